The minimum Gasteiger partial charge on any atom is -0.463 e. The van der Waals surface area contributed by atoms with Crippen LogP contribution in [-0.4, -0.2) is 71.3 Å². The smallest absolute Gasteiger partial charge is 0.463 e. The fourth-order valence-corrected chi connectivity index (χ4v) is 5.34. The van der Waals surface area contributed by atoms with Gasteiger partial charge in [-0.2, -0.15) is 0 Å². The Bertz CT molecular complexity index is 1450. The Labute approximate surface area is 264 Å². The molecule has 5 atom stereocenters. The predicted molar refractivity (Wildman–Crippen MR) is 160 cm³/mol. The maximum absolute atomic E-state index is 12.8. The Balaban J connectivity index is 1.44. The molecular formula is C30H41N5O11. The van der Waals surface area contributed by atoms with Crippen molar-refractivity contribution in [3.63, 3.8) is 0 Å². The van der Waals surface area contributed by atoms with Gasteiger partial charge < -0.3 is 43.6 Å². The highest BCUT2D eigenvalue weighted by Crippen LogP contribution is 2.36. The summed E-state index contributed by atoms with van der Waals surface area (Å²) in [6.45, 7) is 4.33. The van der Waals surface area contributed by atoms with E-state index in [1.807, 2.05) is 0 Å². The third-order valence-corrected chi connectivity index (χ3v) is 8.02. The summed E-state index contributed by atoms with van der Waals surface area (Å²) in [6.07, 6.45) is 0.611. The van der Waals surface area contributed by atoms with E-state index >= 15 is 0 Å². The van der Waals surface area contributed by atoms with E-state index in [1.165, 1.54) is 13.0 Å². The van der Waals surface area contributed by atoms with Crippen molar-refractivity contribution < 1.29 is 47.3 Å². The van der Waals surface area contributed by atoms with E-state index in [2.05, 4.69) is 15.3 Å². The molecule has 1 saturated heterocycles. The molecule has 6 N–H and O–H groups in total. The van der Waals surface area contributed by atoms with Gasteiger partial charge in [-0.25, -0.2) is 14.6 Å². The lowest BCUT2D eigenvalue weighted by atomic mass is 9.87. The fraction of sp³-hybridized carbons (Fsp3) is 0.600. The average molecular weight is 648 g/mol. The monoisotopic (exact) mass is 647 g/mol. The topological polar surface area (TPSA) is 242 Å². The van der Waals surface area contributed by atoms with E-state index in [4.69, 9.17) is 38.9 Å². The molecule has 46 heavy (non-hydrogen) atoms. The molecule has 16 heteroatoms. The molecular weight excluding hydrogens is 606 g/mol. The van der Waals surface area contributed by atoms with Crippen LogP contribution in [0.15, 0.2) is 30.8 Å². The zero-order chi connectivity index (χ0) is 33.4. The zero-order valence-electron chi connectivity index (χ0n) is 26.0. The molecule has 0 aromatic carbocycles. The second kappa shape index (κ2) is 15.8. The predicted octanol–water partition coefficient (Wildman–Crippen LogP) is 2.36. The van der Waals surface area contributed by atoms with Gasteiger partial charge in [0.2, 0.25) is 0 Å². The maximum Gasteiger partial charge on any atom is 0.519 e. The number of aliphatic hydroxyl groups excluding tert-OH is 1. The maximum atomic E-state index is 12.8. The van der Waals surface area contributed by atoms with Gasteiger partial charge in [0.1, 0.15) is 37.3 Å². The van der Waals surface area contributed by atoms with E-state index in [-0.39, 0.29) is 47.9 Å². The van der Waals surface area contributed by atoms with Crippen molar-refractivity contribution in [3.8, 4) is 0 Å². The second-order valence-electron chi connectivity index (χ2n) is 11.7. The average Bonchev–Trinajstić information content (AvgIpc) is 3.72. The first-order chi connectivity index (χ1) is 22.0. The van der Waals surface area contributed by atoms with Crippen LogP contribution in [0.3, 0.4) is 0 Å². The Morgan fingerprint density at radius 2 is 1.93 bits per heavy atom. The number of aliphatic imine (C=N–C) groups is 1. The van der Waals surface area contributed by atoms with E-state index < -0.39 is 60.9 Å². The fourth-order valence-electron chi connectivity index (χ4n) is 5.34. The normalized spacial score (nSPS) is 22.8. The molecule has 4 rings (SSSR count). The van der Waals surface area contributed by atoms with E-state index in [1.54, 1.807) is 19.9 Å². The lowest BCUT2D eigenvalue weighted by Crippen LogP contribution is -2.44. The molecule has 2 fully saturated rings. The van der Waals surface area contributed by atoms with Crippen molar-refractivity contribution in [2.45, 2.75) is 96.4 Å². The first-order valence-corrected chi connectivity index (χ1v) is 15.2. The summed E-state index contributed by atoms with van der Waals surface area (Å²) >= 11 is 0. The number of hydrogen-bond donors (Lipinski definition) is 5. The van der Waals surface area contributed by atoms with Crippen molar-refractivity contribution in [1.82, 2.24) is 10.3 Å². The molecule has 1 saturated carbocycles. The van der Waals surface area contributed by atoms with Crippen LogP contribution in [0.2, 0.25) is 0 Å². The lowest BCUT2D eigenvalue weighted by Gasteiger charge is -2.24. The van der Waals surface area contributed by atoms with Gasteiger partial charge in [-0.1, -0.05) is 33.1 Å². The van der Waals surface area contributed by atoms with E-state index in [0.29, 0.717) is 12.0 Å². The molecule has 0 spiro atoms. The molecule has 2 aliphatic rings. The number of rotatable bonds is 12. The number of ether oxygens (including phenoxy) is 4. The van der Waals surface area contributed by atoms with Crippen LogP contribution >= 0.6 is 0 Å². The van der Waals surface area contributed by atoms with E-state index in [0.717, 1.165) is 32.1 Å². The molecule has 1 aliphatic heterocycles. The van der Waals surface area contributed by atoms with Crippen molar-refractivity contribution in [2.75, 3.05) is 6.61 Å². The van der Waals surface area contributed by atoms with Crippen LogP contribution in [0.25, 0.3) is 0 Å². The summed E-state index contributed by atoms with van der Waals surface area (Å²) in [4.78, 5) is 55.9. The first-order valence-electron chi connectivity index (χ1n) is 15.2. The van der Waals surface area contributed by atoms with Gasteiger partial charge in [-0.15, -0.1) is 0 Å². The van der Waals surface area contributed by atoms with Crippen molar-refractivity contribution >= 4 is 30.2 Å². The molecule has 252 valence electrons. The summed E-state index contributed by atoms with van der Waals surface area (Å²) in [7, 11) is 0. The molecule has 2 aromatic heterocycles. The van der Waals surface area contributed by atoms with Gasteiger partial charge in [0, 0.05) is 12.1 Å². The van der Waals surface area contributed by atoms with Gasteiger partial charge in [0.25, 0.3) is 0 Å². The number of H-pyrrole nitrogens is 1. The summed E-state index contributed by atoms with van der Waals surface area (Å²) in [5, 5.41) is 21.1. The molecule has 0 radical (unpaired) electrons. The van der Waals surface area contributed by atoms with Crippen molar-refractivity contribution in [2.24, 2.45) is 22.6 Å². The number of alkyl carbamates (subject to hydrolysis) is 1. The third-order valence-electron chi connectivity index (χ3n) is 8.02. The van der Waals surface area contributed by atoms with Gasteiger partial charge in [0.05, 0.1) is 5.69 Å². The molecule has 16 nitrogen and oxygen atoms in total. The number of aromatic amines is 1. The number of amides is 1. The largest absolute Gasteiger partial charge is 0.519 e. The number of aliphatic hydroxyl groups is 1. The number of amidine groups is 1. The molecule has 3 heterocycles. The lowest BCUT2D eigenvalue weighted by molar-refractivity contribution is -0.162. The summed E-state index contributed by atoms with van der Waals surface area (Å²) in [6, 6.07) is 2.12. The summed E-state index contributed by atoms with van der Waals surface area (Å²) in [5.41, 5.74) is 6.51. The number of carbonyl (C=O) groups is 3. The highest BCUT2D eigenvalue weighted by atomic mass is 16.6. The highest BCUT2D eigenvalue weighted by Gasteiger charge is 2.48. The number of aryl methyl sites for hydroxylation is 1. The molecule has 1 unspecified atom stereocenters. The minimum absolute atomic E-state index is 0.0269. The van der Waals surface area contributed by atoms with Gasteiger partial charge >= 0.3 is 23.9 Å². The molecule has 0 bridgehead atoms. The number of nitrogens with one attached hydrogen (secondary N) is 3. The zero-order valence-corrected chi connectivity index (χ0v) is 26.0. The van der Waals surface area contributed by atoms with Gasteiger partial charge in [-0.3, -0.25) is 20.3 Å². The Kier molecular flexibility index (Phi) is 11.9. The number of aromatic nitrogens is 1. The second-order valence-corrected chi connectivity index (χ2v) is 11.7. The minimum atomic E-state index is -1.38. The van der Waals surface area contributed by atoms with Crippen molar-refractivity contribution in [1.29, 1.82) is 5.41 Å². The molecule has 2 aromatic rings. The Hall–Kier alpha value is -4.28. The SMILES string of the molecule is Cc1oc(=O)oc1COC(=O)NC(=NC=N)c1ccc([C@@H]2O[C@H](COC(=O)CC3CCCCC3)C(OC(=O)[C@@H](N)C(C)C)[C@H]2O)[nH]1. The van der Waals surface area contributed by atoms with Crippen LogP contribution < -0.4 is 16.9 Å². The van der Waals surface area contributed by atoms with Crippen LogP contribution in [0.1, 0.15) is 81.4 Å². The number of hydrogen-bond acceptors (Lipinski definition) is 13. The van der Waals surface area contributed by atoms with Gasteiger partial charge in [0.15, 0.2) is 30.1 Å². The molecule has 1 aliphatic carbocycles. The van der Waals surface area contributed by atoms with Crippen LogP contribution in [-0.2, 0) is 35.1 Å². The number of esters is 2. The Morgan fingerprint density at radius 3 is 2.59 bits per heavy atom. The summed E-state index contributed by atoms with van der Waals surface area (Å²) < 4.78 is 31.8. The quantitative estimate of drug-likeness (QED) is 0.0965. The highest BCUT2D eigenvalue weighted by molar-refractivity contribution is 6.07. The first kappa shape index (κ1) is 34.6. The van der Waals surface area contributed by atoms with Crippen LogP contribution in [0.4, 0.5) is 4.79 Å². The van der Waals surface area contributed by atoms with Crippen LogP contribution in [0, 0.1) is 24.2 Å². The van der Waals surface area contributed by atoms with Crippen molar-refractivity contribution in [3.05, 3.63) is 45.7 Å². The van der Waals surface area contributed by atoms with E-state index in [9.17, 15) is 24.3 Å². The van der Waals surface area contributed by atoms with Crippen LogP contribution in [0.5, 0.6) is 0 Å². The standard InChI is InChI=1S/C30H41N5O11/c1-15(2)23(32)28(38)46-26-21(13-41-22(36)11-17-7-5-4-6-8-17)44-25(24(26)37)18-9-10-19(34-18)27(33-14-31)35-29(39)42-12-20-16(3)43-30(40)45-20/h9-10,14-15,17,21,23-26,34,37H,4-8,11-13,32H2,1-3H3,(H2,31,33,35,39)/t21-,23+,24+,25+,26?/m1/s1. The summed E-state index contributed by atoms with van der Waals surface area (Å²) in [5.74, 6) is -1.95. The number of nitrogens with zero attached hydrogens (tertiary/aromatic N) is 1. The number of carbonyl (C=O) groups excluding carboxylic acids is 3. The third kappa shape index (κ3) is 8.92. The number of nitrogens with two attached hydrogens (primary N) is 1. The molecule has 1 amide bonds. The van der Waals surface area contributed by atoms with Gasteiger partial charge in [-0.05, 0) is 43.7 Å². The Morgan fingerprint density at radius 1 is 1.20 bits per heavy atom.